The molecule has 1 aliphatic heterocycles. The van der Waals surface area contributed by atoms with E-state index < -0.39 is 12.4 Å². The Morgan fingerprint density at radius 3 is 2.13 bits per heavy atom. The number of rotatable bonds is 5. The topological polar surface area (TPSA) is 43.7 Å². The van der Waals surface area contributed by atoms with Gasteiger partial charge in [-0.15, -0.1) is 13.2 Å². The summed E-state index contributed by atoms with van der Waals surface area (Å²) in [6.07, 6.45) is -4.81. The van der Waals surface area contributed by atoms with Crippen molar-refractivity contribution in [1.82, 2.24) is 4.57 Å². The van der Waals surface area contributed by atoms with Crippen LogP contribution in [0.25, 0.3) is 0 Å². The Hall–Kier alpha value is -3.42. The van der Waals surface area contributed by atoms with Crippen molar-refractivity contribution in [3.8, 4) is 11.5 Å². The van der Waals surface area contributed by atoms with Crippen molar-refractivity contribution < 1.29 is 27.4 Å². The van der Waals surface area contributed by atoms with Crippen molar-refractivity contribution >= 4 is 11.6 Å². The summed E-state index contributed by atoms with van der Waals surface area (Å²) < 4.78 is 49.5. The highest BCUT2D eigenvalue weighted by Crippen LogP contribution is 2.43. The molecule has 0 radical (unpaired) electrons. The van der Waals surface area contributed by atoms with Gasteiger partial charge in [0.15, 0.2) is 0 Å². The maximum atomic E-state index is 13.5. The number of methoxy groups -OCH3 is 1. The number of nitrogens with zero attached hydrogens (tertiary/aromatic N) is 2. The molecule has 5 nitrogen and oxygen atoms in total. The van der Waals surface area contributed by atoms with E-state index in [-0.39, 0.29) is 18.2 Å². The Balaban J connectivity index is 1.77. The van der Waals surface area contributed by atoms with Crippen LogP contribution in [0.3, 0.4) is 0 Å². The van der Waals surface area contributed by atoms with E-state index in [2.05, 4.69) is 4.74 Å². The van der Waals surface area contributed by atoms with Gasteiger partial charge in [0.25, 0.3) is 5.91 Å². The number of alkyl halides is 3. The van der Waals surface area contributed by atoms with Crippen LogP contribution in [0.15, 0.2) is 54.6 Å². The number of fused-ring (bicyclic) bond motifs is 1. The molecule has 1 atom stereocenters. The van der Waals surface area contributed by atoms with Gasteiger partial charge < -0.3 is 18.9 Å². The molecule has 162 valence electrons. The molecule has 0 spiro atoms. The van der Waals surface area contributed by atoms with Crippen LogP contribution in [0.4, 0.5) is 18.9 Å². The Bertz CT molecular complexity index is 1100. The number of carbonyl (C=O) groups is 1. The van der Waals surface area contributed by atoms with Gasteiger partial charge >= 0.3 is 6.36 Å². The van der Waals surface area contributed by atoms with E-state index >= 15 is 0 Å². The van der Waals surface area contributed by atoms with Crippen molar-refractivity contribution in [2.75, 3.05) is 12.0 Å². The minimum Gasteiger partial charge on any atom is -0.497 e. The normalized spacial score (nSPS) is 15.9. The van der Waals surface area contributed by atoms with Crippen LogP contribution in [0.5, 0.6) is 11.5 Å². The molecule has 0 fully saturated rings. The van der Waals surface area contributed by atoms with Crippen molar-refractivity contribution in [3.05, 3.63) is 77.1 Å². The Kier molecular flexibility index (Phi) is 5.16. The monoisotopic (exact) mass is 430 g/mol. The van der Waals surface area contributed by atoms with E-state index in [4.69, 9.17) is 4.74 Å². The van der Waals surface area contributed by atoms with Gasteiger partial charge in [-0.1, -0.05) is 12.1 Å². The molecule has 2 heterocycles. The predicted molar refractivity (Wildman–Crippen MR) is 109 cm³/mol. The van der Waals surface area contributed by atoms with Crippen LogP contribution in [0.2, 0.25) is 0 Å². The lowest BCUT2D eigenvalue weighted by Gasteiger charge is -2.20. The fraction of sp³-hybridized carbons (Fsp3) is 0.261. The maximum Gasteiger partial charge on any atom is 0.573 e. The molecule has 0 N–H and O–H groups in total. The van der Waals surface area contributed by atoms with Crippen LogP contribution in [-0.2, 0) is 11.3 Å². The molecular weight excluding hydrogens is 409 g/mol. The first-order valence-electron chi connectivity index (χ1n) is 9.66. The molecule has 4 rings (SSSR count). The lowest BCUT2D eigenvalue weighted by Crippen LogP contribution is -2.31. The first kappa shape index (κ1) is 20.8. The molecule has 1 amide bonds. The average Bonchev–Trinajstić information content (AvgIpc) is 3.17. The summed E-state index contributed by atoms with van der Waals surface area (Å²) in [5, 5.41) is 0. The van der Waals surface area contributed by atoms with Crippen molar-refractivity contribution in [1.29, 1.82) is 0 Å². The fourth-order valence-corrected chi connectivity index (χ4v) is 4.01. The first-order valence-corrected chi connectivity index (χ1v) is 9.66. The highest BCUT2D eigenvalue weighted by Gasteiger charge is 2.40. The van der Waals surface area contributed by atoms with Crippen LogP contribution < -0.4 is 14.4 Å². The number of carbonyl (C=O) groups excluding carboxylic acids is 1. The minimum absolute atomic E-state index is 0.211. The third-order valence-electron chi connectivity index (χ3n) is 5.40. The smallest absolute Gasteiger partial charge is 0.497 e. The summed E-state index contributed by atoms with van der Waals surface area (Å²) in [5.41, 5.74) is 3.60. The zero-order chi connectivity index (χ0) is 22.3. The Morgan fingerprint density at radius 2 is 1.55 bits per heavy atom. The number of amides is 1. The van der Waals surface area contributed by atoms with E-state index in [9.17, 15) is 18.0 Å². The second kappa shape index (κ2) is 7.68. The number of halogens is 3. The molecule has 1 aromatic heterocycles. The second-order valence-electron chi connectivity index (χ2n) is 7.43. The highest BCUT2D eigenvalue weighted by molar-refractivity contribution is 6.05. The van der Waals surface area contributed by atoms with E-state index in [0.717, 1.165) is 17.0 Å². The lowest BCUT2D eigenvalue weighted by molar-refractivity contribution is -0.274. The SMILES string of the molecule is COc1ccc(CN2C(=O)C(n3c(C)ccc3C)c3cc(OC(F)(F)F)ccc32)cc1. The van der Waals surface area contributed by atoms with Crippen LogP contribution in [0.1, 0.15) is 28.6 Å². The zero-order valence-electron chi connectivity index (χ0n) is 17.2. The summed E-state index contributed by atoms with van der Waals surface area (Å²) in [7, 11) is 1.57. The minimum atomic E-state index is -4.81. The predicted octanol–water partition coefficient (Wildman–Crippen LogP) is 5.15. The standard InChI is InChI=1S/C23H21F3N2O3/c1-14-4-5-15(2)28(14)21-19-12-18(31-23(24,25)26)10-11-20(19)27(22(21)29)13-16-6-8-17(30-3)9-7-16/h4-12,21H,13H2,1-3H3. The molecule has 1 unspecified atom stereocenters. The number of aryl methyl sites for hydroxylation is 2. The van der Waals surface area contributed by atoms with Crippen molar-refractivity contribution in [2.24, 2.45) is 0 Å². The molecule has 0 saturated carbocycles. The third kappa shape index (κ3) is 3.97. The number of hydrogen-bond acceptors (Lipinski definition) is 3. The molecule has 1 aliphatic rings. The second-order valence-corrected chi connectivity index (χ2v) is 7.43. The number of aromatic nitrogens is 1. The molecule has 0 saturated heterocycles. The van der Waals surface area contributed by atoms with Gasteiger partial charge in [0.05, 0.1) is 19.3 Å². The number of anilines is 1. The molecule has 31 heavy (non-hydrogen) atoms. The van der Waals surface area contributed by atoms with Crippen LogP contribution >= 0.6 is 0 Å². The molecule has 0 bridgehead atoms. The van der Waals surface area contributed by atoms with Gasteiger partial charge in [-0.25, -0.2) is 0 Å². The number of hydrogen-bond donors (Lipinski definition) is 0. The largest absolute Gasteiger partial charge is 0.573 e. The fourth-order valence-electron chi connectivity index (χ4n) is 4.01. The summed E-state index contributed by atoms with van der Waals surface area (Å²) in [6, 6.07) is 14.3. The van der Waals surface area contributed by atoms with Crippen molar-refractivity contribution in [3.63, 3.8) is 0 Å². The van der Waals surface area contributed by atoms with Crippen LogP contribution in [-0.4, -0.2) is 23.9 Å². The third-order valence-corrected chi connectivity index (χ3v) is 5.40. The van der Waals surface area contributed by atoms with Gasteiger partial charge in [-0.3, -0.25) is 4.79 Å². The van der Waals surface area contributed by atoms with Gasteiger partial charge in [0.2, 0.25) is 0 Å². The lowest BCUT2D eigenvalue weighted by atomic mass is 10.1. The number of ether oxygens (including phenoxy) is 2. The molecule has 3 aromatic rings. The molecule has 0 aliphatic carbocycles. The van der Waals surface area contributed by atoms with Crippen molar-refractivity contribution in [2.45, 2.75) is 32.8 Å². The summed E-state index contributed by atoms with van der Waals surface area (Å²) in [5.74, 6) is 0.137. The van der Waals surface area contributed by atoms with E-state index in [0.29, 0.717) is 17.0 Å². The van der Waals surface area contributed by atoms with Gasteiger partial charge in [-0.2, -0.15) is 0 Å². The maximum absolute atomic E-state index is 13.5. The quantitative estimate of drug-likeness (QED) is 0.563. The van der Waals surface area contributed by atoms with Gasteiger partial charge in [0, 0.05) is 17.0 Å². The zero-order valence-corrected chi connectivity index (χ0v) is 17.2. The first-order chi connectivity index (χ1) is 14.7. The van der Waals surface area contributed by atoms with E-state index in [1.807, 2.05) is 42.7 Å². The van der Waals surface area contributed by atoms with E-state index in [1.54, 1.807) is 24.1 Å². The highest BCUT2D eigenvalue weighted by atomic mass is 19.4. The average molecular weight is 430 g/mol. The van der Waals surface area contributed by atoms with E-state index in [1.165, 1.54) is 18.2 Å². The van der Waals surface area contributed by atoms with Gasteiger partial charge in [0.1, 0.15) is 17.5 Å². The summed E-state index contributed by atoms with van der Waals surface area (Å²) in [4.78, 5) is 15.1. The summed E-state index contributed by atoms with van der Waals surface area (Å²) >= 11 is 0. The Labute approximate surface area is 177 Å². The van der Waals surface area contributed by atoms with Gasteiger partial charge in [-0.05, 0) is 61.9 Å². The summed E-state index contributed by atoms with van der Waals surface area (Å²) in [6.45, 7) is 4.01. The Morgan fingerprint density at radius 1 is 0.935 bits per heavy atom. The number of benzene rings is 2. The molecule has 8 heteroatoms. The van der Waals surface area contributed by atoms with Crippen LogP contribution in [0, 0.1) is 13.8 Å². The molecular formula is C23H21F3N2O3. The molecule has 2 aromatic carbocycles.